The maximum atomic E-state index is 14.2. The number of alkyl halides is 1. The number of anilines is 1. The number of nitrogens with zero attached hydrogens (tertiary/aromatic N) is 4. The molecule has 30 heavy (non-hydrogen) atoms. The van der Waals surface area contributed by atoms with E-state index in [9.17, 15) is 13.6 Å². The standard InChI is InChI=1S/C20H19F2N5O2S/c21-12-9-20(10-12,18-14(22)2-1-6-23-18)11-25-16-4-3-15(26-27-16)19-24-7-5-13(30-19)8-17(28)29/h1-6,12H,7-11H2,(H,25,27)(H,28,29)/t12-,20-. The molecule has 10 heteroatoms. The molecule has 0 amide bonds. The van der Waals surface area contributed by atoms with Gasteiger partial charge >= 0.3 is 5.97 Å². The number of thioether (sulfide) groups is 1. The number of hydrogen-bond acceptors (Lipinski definition) is 7. The normalized spacial score (nSPS) is 23.2. The topological polar surface area (TPSA) is 100 Å². The van der Waals surface area contributed by atoms with Crippen LogP contribution in [0.5, 0.6) is 0 Å². The lowest BCUT2D eigenvalue weighted by Crippen LogP contribution is -2.49. The summed E-state index contributed by atoms with van der Waals surface area (Å²) < 4.78 is 27.9. The van der Waals surface area contributed by atoms with E-state index in [-0.39, 0.29) is 31.5 Å². The average molecular weight is 431 g/mol. The van der Waals surface area contributed by atoms with Crippen LogP contribution in [0.4, 0.5) is 14.6 Å². The van der Waals surface area contributed by atoms with Crippen molar-refractivity contribution in [1.82, 2.24) is 15.2 Å². The van der Waals surface area contributed by atoms with Crippen LogP contribution in [0.1, 0.15) is 30.7 Å². The second kappa shape index (κ2) is 8.47. The number of halogens is 2. The lowest BCUT2D eigenvalue weighted by Gasteiger charge is -2.44. The number of aliphatic imine (C=N–C) groups is 1. The van der Waals surface area contributed by atoms with Crippen molar-refractivity contribution in [2.24, 2.45) is 4.99 Å². The molecule has 2 aromatic rings. The Morgan fingerprint density at radius 2 is 2.13 bits per heavy atom. The molecule has 1 aliphatic heterocycles. The van der Waals surface area contributed by atoms with Crippen LogP contribution in [0.3, 0.4) is 0 Å². The molecule has 2 N–H and O–H groups in total. The van der Waals surface area contributed by atoms with Crippen molar-refractivity contribution in [2.45, 2.75) is 30.8 Å². The maximum Gasteiger partial charge on any atom is 0.308 e. The fraction of sp³-hybridized carbons (Fsp3) is 0.350. The number of hydrogen-bond donors (Lipinski definition) is 2. The van der Waals surface area contributed by atoms with Gasteiger partial charge in [0.2, 0.25) is 0 Å². The molecule has 0 bridgehead atoms. The van der Waals surface area contributed by atoms with Crippen LogP contribution in [0.15, 0.2) is 46.4 Å². The minimum atomic E-state index is -0.976. The Labute approximate surface area is 175 Å². The molecule has 0 unspecified atom stereocenters. The molecule has 2 aliphatic rings. The molecule has 0 atom stereocenters. The minimum Gasteiger partial charge on any atom is -0.481 e. The van der Waals surface area contributed by atoms with Crippen LogP contribution in [-0.4, -0.2) is 50.6 Å². The smallest absolute Gasteiger partial charge is 0.308 e. The second-order valence-corrected chi connectivity index (χ2v) is 8.38. The Kier molecular flexibility index (Phi) is 5.76. The molecule has 0 aromatic carbocycles. The fourth-order valence-corrected chi connectivity index (χ4v) is 4.56. The van der Waals surface area contributed by atoms with Gasteiger partial charge in [-0.3, -0.25) is 14.8 Å². The van der Waals surface area contributed by atoms with Crippen LogP contribution in [0, 0.1) is 5.82 Å². The van der Waals surface area contributed by atoms with Gasteiger partial charge in [-0.25, -0.2) is 8.78 Å². The first-order valence-electron chi connectivity index (χ1n) is 9.41. The molecule has 0 saturated heterocycles. The molecule has 2 aromatic heterocycles. The lowest BCUT2D eigenvalue weighted by atomic mass is 9.65. The summed E-state index contributed by atoms with van der Waals surface area (Å²) in [5.74, 6) is -0.866. The molecule has 1 fully saturated rings. The number of aliphatic carboxylic acids is 1. The highest BCUT2D eigenvalue weighted by atomic mass is 32.2. The van der Waals surface area contributed by atoms with Gasteiger partial charge in [0, 0.05) is 23.1 Å². The predicted molar refractivity (Wildman–Crippen MR) is 110 cm³/mol. The third-order valence-corrected chi connectivity index (χ3v) is 6.19. The van der Waals surface area contributed by atoms with E-state index in [4.69, 9.17) is 5.11 Å². The van der Waals surface area contributed by atoms with E-state index in [1.165, 1.54) is 30.1 Å². The summed E-state index contributed by atoms with van der Waals surface area (Å²) in [5.41, 5.74) is 0.0893. The Balaban J connectivity index is 1.42. The molecule has 7 nitrogen and oxygen atoms in total. The summed E-state index contributed by atoms with van der Waals surface area (Å²) in [7, 11) is 0. The van der Waals surface area contributed by atoms with Crippen molar-refractivity contribution in [3.63, 3.8) is 0 Å². The first-order valence-corrected chi connectivity index (χ1v) is 10.2. The van der Waals surface area contributed by atoms with Crippen LogP contribution in [0.2, 0.25) is 0 Å². The molecule has 3 heterocycles. The van der Waals surface area contributed by atoms with Gasteiger partial charge in [0.15, 0.2) is 0 Å². The fourth-order valence-electron chi connectivity index (χ4n) is 3.60. The molecule has 1 saturated carbocycles. The zero-order valence-corrected chi connectivity index (χ0v) is 16.7. The van der Waals surface area contributed by atoms with Crippen molar-refractivity contribution in [1.29, 1.82) is 0 Å². The van der Waals surface area contributed by atoms with E-state index in [0.717, 1.165) is 0 Å². The highest BCUT2D eigenvalue weighted by Gasteiger charge is 2.48. The number of rotatable bonds is 7. The summed E-state index contributed by atoms with van der Waals surface area (Å²) in [6.07, 6.45) is 2.65. The number of carboxylic acid groups (broad SMARTS) is 1. The highest BCUT2D eigenvalue weighted by molar-refractivity contribution is 8.17. The van der Waals surface area contributed by atoms with Crippen molar-refractivity contribution < 1.29 is 18.7 Å². The van der Waals surface area contributed by atoms with Crippen LogP contribution in [0.25, 0.3) is 0 Å². The van der Waals surface area contributed by atoms with E-state index >= 15 is 0 Å². The Hall–Kier alpha value is -2.88. The number of nitrogens with one attached hydrogen (secondary N) is 1. The van der Waals surface area contributed by atoms with Crippen LogP contribution in [-0.2, 0) is 10.2 Å². The summed E-state index contributed by atoms with van der Waals surface area (Å²) in [5, 5.41) is 21.0. The Morgan fingerprint density at radius 3 is 2.80 bits per heavy atom. The number of carboxylic acids is 1. The molecular formula is C20H19F2N5O2S. The van der Waals surface area contributed by atoms with Gasteiger partial charge in [0.25, 0.3) is 0 Å². The second-order valence-electron chi connectivity index (χ2n) is 7.27. The van der Waals surface area contributed by atoms with Gasteiger partial charge in [-0.15, -0.1) is 10.2 Å². The Morgan fingerprint density at radius 1 is 1.30 bits per heavy atom. The third kappa shape index (κ3) is 4.33. The monoisotopic (exact) mass is 431 g/mol. The van der Waals surface area contributed by atoms with Gasteiger partial charge in [-0.2, -0.15) is 0 Å². The van der Waals surface area contributed by atoms with E-state index in [1.54, 1.807) is 18.2 Å². The van der Waals surface area contributed by atoms with Gasteiger partial charge in [-0.05, 0) is 37.1 Å². The van der Waals surface area contributed by atoms with Crippen LogP contribution >= 0.6 is 11.8 Å². The molecule has 4 rings (SSSR count). The third-order valence-electron chi connectivity index (χ3n) is 5.08. The number of aromatic nitrogens is 3. The van der Waals surface area contributed by atoms with Crippen molar-refractivity contribution in [2.75, 3.05) is 18.4 Å². The molecule has 156 valence electrons. The van der Waals surface area contributed by atoms with E-state index in [2.05, 4.69) is 25.5 Å². The van der Waals surface area contributed by atoms with Crippen LogP contribution < -0.4 is 5.32 Å². The Bertz CT molecular complexity index is 1010. The highest BCUT2D eigenvalue weighted by Crippen LogP contribution is 2.45. The zero-order chi connectivity index (χ0) is 21.1. The quantitative estimate of drug-likeness (QED) is 0.693. The van der Waals surface area contributed by atoms with Gasteiger partial charge in [-0.1, -0.05) is 17.8 Å². The van der Waals surface area contributed by atoms with E-state index in [1.807, 2.05) is 0 Å². The average Bonchev–Trinajstić information content (AvgIpc) is 2.71. The SMILES string of the molecule is O=C(O)CC1=CCN=C(c2ccc(NC[C@]3(c4ncccc4F)C[C@H](F)C3)nn2)S1. The minimum absolute atomic E-state index is 0.0571. The summed E-state index contributed by atoms with van der Waals surface area (Å²) in [4.78, 5) is 20.1. The molecular weight excluding hydrogens is 412 g/mol. The van der Waals surface area contributed by atoms with Gasteiger partial charge in [0.05, 0.1) is 18.7 Å². The number of pyridine rings is 1. The van der Waals surface area contributed by atoms with Gasteiger partial charge < -0.3 is 10.4 Å². The van der Waals surface area contributed by atoms with Gasteiger partial charge in [0.1, 0.15) is 28.5 Å². The maximum absolute atomic E-state index is 14.2. The van der Waals surface area contributed by atoms with E-state index < -0.39 is 23.4 Å². The first kappa shape index (κ1) is 20.4. The zero-order valence-electron chi connectivity index (χ0n) is 15.9. The number of carbonyl (C=O) groups is 1. The van der Waals surface area contributed by atoms with Crippen molar-refractivity contribution >= 4 is 28.6 Å². The van der Waals surface area contributed by atoms with E-state index in [0.29, 0.717) is 28.0 Å². The first-order chi connectivity index (χ1) is 14.4. The van der Waals surface area contributed by atoms with Crippen molar-refractivity contribution in [3.8, 4) is 0 Å². The molecule has 1 aliphatic carbocycles. The van der Waals surface area contributed by atoms with Crippen molar-refractivity contribution in [3.05, 3.63) is 58.6 Å². The molecule has 0 spiro atoms. The summed E-state index contributed by atoms with van der Waals surface area (Å²) >= 11 is 1.26. The summed E-state index contributed by atoms with van der Waals surface area (Å²) in [6.45, 7) is 0.686. The lowest BCUT2D eigenvalue weighted by molar-refractivity contribution is -0.136. The largest absolute Gasteiger partial charge is 0.481 e. The molecule has 0 radical (unpaired) electrons. The summed E-state index contributed by atoms with van der Waals surface area (Å²) in [6, 6.07) is 6.30. The predicted octanol–water partition coefficient (Wildman–Crippen LogP) is 3.34.